The van der Waals surface area contributed by atoms with Crippen molar-refractivity contribution in [2.24, 2.45) is 0 Å². The van der Waals surface area contributed by atoms with Crippen molar-refractivity contribution in [1.82, 2.24) is 5.32 Å². The minimum Gasteiger partial charge on any atom is -0.497 e. The molecule has 30 heavy (non-hydrogen) atoms. The third-order valence-corrected chi connectivity index (χ3v) is 4.19. The fourth-order valence-electron chi connectivity index (χ4n) is 2.84. The molecule has 1 aliphatic heterocycles. The highest BCUT2D eigenvalue weighted by molar-refractivity contribution is 7.80. The van der Waals surface area contributed by atoms with Crippen molar-refractivity contribution in [1.29, 1.82) is 0 Å². The Morgan fingerprint density at radius 3 is 2.07 bits per heavy atom. The van der Waals surface area contributed by atoms with E-state index in [1.807, 2.05) is 0 Å². The molecule has 2 rings (SSSR count). The van der Waals surface area contributed by atoms with Crippen LogP contribution in [-0.4, -0.2) is 61.3 Å². The van der Waals surface area contributed by atoms with Gasteiger partial charge in [-0.15, -0.1) is 0 Å². The van der Waals surface area contributed by atoms with E-state index in [0.29, 0.717) is 11.4 Å². The molecule has 1 heterocycles. The summed E-state index contributed by atoms with van der Waals surface area (Å²) in [5.74, 6) is -1.17. The molecule has 0 aliphatic carbocycles. The molecule has 0 saturated carbocycles. The second-order valence-corrected chi connectivity index (χ2v) is 6.79. The Kier molecular flexibility index (Phi) is 8.36. The number of rotatable bonds is 6. The van der Waals surface area contributed by atoms with Crippen LogP contribution in [0.4, 0.5) is 5.69 Å². The van der Waals surface area contributed by atoms with E-state index in [9.17, 15) is 14.4 Å². The molecule has 1 aromatic rings. The lowest BCUT2D eigenvalue weighted by molar-refractivity contribution is -0.227. The van der Waals surface area contributed by atoms with Crippen molar-refractivity contribution >= 4 is 40.9 Å². The third-order valence-electron chi connectivity index (χ3n) is 3.97. The molecule has 11 heteroatoms. The maximum atomic E-state index is 11.6. The van der Waals surface area contributed by atoms with Crippen LogP contribution in [0, 0.1) is 0 Å². The van der Waals surface area contributed by atoms with E-state index in [1.165, 1.54) is 20.8 Å². The highest BCUT2D eigenvalue weighted by Gasteiger charge is 2.47. The molecule has 0 aromatic heterocycles. The van der Waals surface area contributed by atoms with Crippen LogP contribution < -0.4 is 15.4 Å². The molecule has 2 N–H and O–H groups in total. The number of carbonyl (C=O) groups excluding carboxylic acids is 3. The maximum Gasteiger partial charge on any atom is 0.303 e. The van der Waals surface area contributed by atoms with Gasteiger partial charge in [-0.1, -0.05) is 0 Å². The van der Waals surface area contributed by atoms with Crippen LogP contribution in [0.2, 0.25) is 0 Å². The van der Waals surface area contributed by atoms with Gasteiger partial charge in [0.05, 0.1) is 13.7 Å². The van der Waals surface area contributed by atoms with Crippen LogP contribution in [0.15, 0.2) is 24.3 Å². The van der Waals surface area contributed by atoms with E-state index >= 15 is 0 Å². The minimum absolute atomic E-state index is 0.0991. The lowest BCUT2D eigenvalue weighted by Gasteiger charge is -2.40. The smallest absolute Gasteiger partial charge is 0.303 e. The van der Waals surface area contributed by atoms with Gasteiger partial charge in [-0.05, 0) is 36.5 Å². The average Bonchev–Trinajstić information content (AvgIpc) is 2.66. The lowest BCUT2D eigenvalue weighted by atomic mass is 10.0. The molecule has 164 valence electrons. The van der Waals surface area contributed by atoms with Gasteiger partial charge < -0.3 is 34.3 Å². The van der Waals surface area contributed by atoms with Gasteiger partial charge in [-0.25, -0.2) is 0 Å². The Balaban J connectivity index is 2.14. The van der Waals surface area contributed by atoms with Crippen LogP contribution >= 0.6 is 12.2 Å². The molecule has 0 unspecified atom stereocenters. The predicted molar refractivity (Wildman–Crippen MR) is 109 cm³/mol. The Hall–Kier alpha value is -2.92. The monoisotopic (exact) mass is 440 g/mol. The molecule has 0 spiro atoms. The first-order valence-electron chi connectivity index (χ1n) is 9.04. The summed E-state index contributed by atoms with van der Waals surface area (Å²) in [6, 6.07) is 7.03. The number of thiocarbonyl (C=S) groups is 1. The predicted octanol–water partition coefficient (Wildman–Crippen LogP) is 1.13. The summed E-state index contributed by atoms with van der Waals surface area (Å²) < 4.78 is 26.5. The van der Waals surface area contributed by atoms with Crippen molar-refractivity contribution in [3.63, 3.8) is 0 Å². The summed E-state index contributed by atoms with van der Waals surface area (Å²) in [6.45, 7) is 3.51. The van der Waals surface area contributed by atoms with Gasteiger partial charge in [0, 0.05) is 26.5 Å². The quantitative estimate of drug-likeness (QED) is 0.376. The average molecular weight is 440 g/mol. The van der Waals surface area contributed by atoms with Gasteiger partial charge in [0.15, 0.2) is 29.7 Å². The molecular formula is C19H24N2O8S. The molecule has 1 saturated heterocycles. The molecule has 0 radical (unpaired) electrons. The van der Waals surface area contributed by atoms with E-state index in [2.05, 4.69) is 10.6 Å². The molecule has 0 bridgehead atoms. The molecule has 1 aliphatic rings. The first-order chi connectivity index (χ1) is 14.2. The Labute approximate surface area is 179 Å². The summed E-state index contributed by atoms with van der Waals surface area (Å²) in [7, 11) is 1.56. The van der Waals surface area contributed by atoms with E-state index in [0.717, 1.165) is 0 Å². The van der Waals surface area contributed by atoms with Crippen molar-refractivity contribution in [2.45, 2.75) is 45.3 Å². The number of esters is 3. The first-order valence-corrected chi connectivity index (χ1v) is 9.45. The number of methoxy groups -OCH3 is 1. The van der Waals surface area contributed by atoms with Crippen molar-refractivity contribution in [3.8, 4) is 5.75 Å². The Bertz CT molecular complexity index is 785. The maximum absolute atomic E-state index is 11.6. The summed E-state index contributed by atoms with van der Waals surface area (Å²) in [5.41, 5.74) is 0.683. The molecule has 0 amide bonds. The molecule has 10 nitrogen and oxygen atoms in total. The summed E-state index contributed by atoms with van der Waals surface area (Å²) in [5, 5.41) is 6.03. The summed E-state index contributed by atoms with van der Waals surface area (Å²) in [6.07, 6.45) is -4.09. The van der Waals surface area contributed by atoms with Crippen molar-refractivity contribution < 1.29 is 38.1 Å². The zero-order valence-electron chi connectivity index (χ0n) is 17.0. The molecule has 4 atom stereocenters. The number of benzene rings is 1. The number of hydrogen-bond donors (Lipinski definition) is 2. The van der Waals surface area contributed by atoms with Crippen LogP contribution in [0.1, 0.15) is 20.8 Å². The van der Waals surface area contributed by atoms with E-state index < -0.39 is 42.4 Å². The van der Waals surface area contributed by atoms with Crippen LogP contribution in [0.5, 0.6) is 5.75 Å². The second kappa shape index (κ2) is 10.7. The normalized spacial score (nSPS) is 22.9. The molecular weight excluding hydrogens is 416 g/mol. The van der Waals surface area contributed by atoms with Crippen molar-refractivity contribution in [2.75, 3.05) is 19.0 Å². The molecule has 1 aromatic carbocycles. The Morgan fingerprint density at radius 1 is 0.967 bits per heavy atom. The lowest BCUT2D eigenvalue weighted by Crippen LogP contribution is -2.62. The number of carbonyl (C=O) groups is 3. The zero-order valence-corrected chi connectivity index (χ0v) is 17.8. The summed E-state index contributed by atoms with van der Waals surface area (Å²) in [4.78, 5) is 34.6. The number of ether oxygens (including phenoxy) is 5. The van der Waals surface area contributed by atoms with E-state index in [1.54, 1.807) is 31.4 Å². The van der Waals surface area contributed by atoms with E-state index in [4.69, 9.17) is 35.9 Å². The minimum atomic E-state index is -1.11. The highest BCUT2D eigenvalue weighted by Crippen LogP contribution is 2.24. The van der Waals surface area contributed by atoms with E-state index in [-0.39, 0.29) is 11.7 Å². The highest BCUT2D eigenvalue weighted by atomic mass is 32.1. The Morgan fingerprint density at radius 2 is 1.53 bits per heavy atom. The van der Waals surface area contributed by atoms with Gasteiger partial charge in [-0.3, -0.25) is 14.4 Å². The molecule has 1 fully saturated rings. The van der Waals surface area contributed by atoms with Crippen LogP contribution in [0.25, 0.3) is 0 Å². The SMILES string of the molecule is COc1ccc(NC(=S)N[C@@H]2OC[C@@H](OC(C)=O)[C@H](OC(C)=O)[C@H]2OC(C)=O)cc1. The third kappa shape index (κ3) is 6.85. The van der Waals surface area contributed by atoms with Crippen LogP contribution in [-0.2, 0) is 33.3 Å². The fourth-order valence-corrected chi connectivity index (χ4v) is 3.07. The van der Waals surface area contributed by atoms with Gasteiger partial charge >= 0.3 is 17.9 Å². The summed E-state index contributed by atoms with van der Waals surface area (Å²) >= 11 is 5.30. The van der Waals surface area contributed by atoms with Crippen molar-refractivity contribution in [3.05, 3.63) is 24.3 Å². The number of nitrogens with one attached hydrogen (secondary N) is 2. The van der Waals surface area contributed by atoms with Crippen LogP contribution in [0.3, 0.4) is 0 Å². The fraction of sp³-hybridized carbons (Fsp3) is 0.474. The van der Waals surface area contributed by atoms with Gasteiger partial charge in [0.1, 0.15) is 5.75 Å². The number of anilines is 1. The van der Waals surface area contributed by atoms with Gasteiger partial charge in [-0.2, -0.15) is 0 Å². The van der Waals surface area contributed by atoms with Gasteiger partial charge in [0.2, 0.25) is 0 Å². The standard InChI is InChI=1S/C19H24N2O8S/c1-10(22)27-15-9-26-18(17(29-12(3)24)16(15)28-11(2)23)21-19(30)20-13-5-7-14(25-4)8-6-13/h5-8,15-18H,9H2,1-4H3,(H2,20,21,30)/t15-,16+,17-,18-/m1/s1. The topological polar surface area (TPSA) is 121 Å². The second-order valence-electron chi connectivity index (χ2n) is 6.38. The number of hydrogen-bond acceptors (Lipinski definition) is 9. The first kappa shape index (κ1) is 23.4. The van der Waals surface area contributed by atoms with Gasteiger partial charge in [0.25, 0.3) is 0 Å². The zero-order chi connectivity index (χ0) is 22.3. The largest absolute Gasteiger partial charge is 0.497 e.